The van der Waals surface area contributed by atoms with Crippen LogP contribution in [0.3, 0.4) is 0 Å². The van der Waals surface area contributed by atoms with Crippen molar-refractivity contribution in [2.75, 3.05) is 13.1 Å². The molecule has 1 aromatic heterocycles. The number of carbonyl (C=O) groups excluding carboxylic acids is 1. The molecule has 3 aromatic rings. The van der Waals surface area contributed by atoms with Crippen molar-refractivity contribution < 1.29 is 40.1 Å². The van der Waals surface area contributed by atoms with Crippen LogP contribution < -0.4 is 11.1 Å². The molecule has 3 aliphatic rings. The Bertz CT molecular complexity index is 1560. The quantitative estimate of drug-likeness (QED) is 0.293. The van der Waals surface area contributed by atoms with Gasteiger partial charge in [-0.05, 0) is 105 Å². The second-order valence-corrected chi connectivity index (χ2v) is 12.4. The van der Waals surface area contributed by atoms with Crippen LogP contribution in [0.15, 0.2) is 51.8 Å². The third kappa shape index (κ3) is 6.52. The molecule has 0 spiro atoms. The third-order valence-electron chi connectivity index (χ3n) is 9.77. The van der Waals surface area contributed by atoms with Crippen LogP contribution in [0.5, 0.6) is 0 Å². The van der Waals surface area contributed by atoms with Crippen LogP contribution in [-0.2, 0) is 23.7 Å². The first-order chi connectivity index (χ1) is 21.2. The number of likely N-dealkylation sites (tertiary alicyclic amines) is 1. The Morgan fingerprint density at radius 1 is 1.00 bits per heavy atom. The first-order valence-corrected chi connectivity index (χ1v) is 14.8. The highest BCUT2D eigenvalue weighted by Gasteiger charge is 2.61. The van der Waals surface area contributed by atoms with Gasteiger partial charge in [-0.1, -0.05) is 17.3 Å². The summed E-state index contributed by atoms with van der Waals surface area (Å²) in [6, 6.07) is 7.81. The summed E-state index contributed by atoms with van der Waals surface area (Å²) < 4.78 is 98.5. The van der Waals surface area contributed by atoms with Crippen LogP contribution >= 0.6 is 0 Å². The zero-order chi connectivity index (χ0) is 32.1. The van der Waals surface area contributed by atoms with E-state index in [1.807, 2.05) is 0 Å². The zero-order valence-electron chi connectivity index (χ0n) is 24.0. The van der Waals surface area contributed by atoms with Gasteiger partial charge in [0.05, 0.1) is 16.5 Å². The number of benzene rings is 2. The standard InChI is InChI=1S/C31H31F7N4O3/c32-22-3-1-18(2-4-22)19-6-9-42(10-7-19)23-5-8-29(15-23,25-14-24(25)26-40-28(44)45-41-26)27(43)39-16-17-11-20(30(33,34)35)13-21(12-17)31(36,37)38/h1-4,11-13,19,23-25H,5-10,14-16H2,(H,39,43)(H,40,41,44). The number of alkyl halides is 6. The first-order valence-electron chi connectivity index (χ1n) is 14.8. The summed E-state index contributed by atoms with van der Waals surface area (Å²) >= 11 is 0. The lowest BCUT2D eigenvalue weighted by Gasteiger charge is -2.37. The van der Waals surface area contributed by atoms with Crippen molar-refractivity contribution in [2.24, 2.45) is 11.3 Å². The van der Waals surface area contributed by atoms with Gasteiger partial charge < -0.3 is 10.2 Å². The molecule has 7 nitrogen and oxygen atoms in total. The molecule has 4 atom stereocenters. The molecule has 2 saturated carbocycles. The second-order valence-electron chi connectivity index (χ2n) is 12.4. The minimum Gasteiger partial charge on any atom is -0.352 e. The van der Waals surface area contributed by atoms with Gasteiger partial charge in [-0.25, -0.2) is 9.18 Å². The van der Waals surface area contributed by atoms with E-state index in [0.717, 1.165) is 31.5 Å². The van der Waals surface area contributed by atoms with Crippen LogP contribution in [0.2, 0.25) is 0 Å². The number of aromatic amines is 1. The number of piperidine rings is 1. The number of amides is 1. The summed E-state index contributed by atoms with van der Waals surface area (Å²) in [5.41, 5.74) is -3.10. The van der Waals surface area contributed by atoms with E-state index in [2.05, 4.69) is 24.9 Å². The van der Waals surface area contributed by atoms with Gasteiger partial charge in [-0.15, -0.1) is 0 Å². The summed E-state index contributed by atoms with van der Waals surface area (Å²) in [6.07, 6.45) is -6.19. The zero-order valence-corrected chi connectivity index (χ0v) is 24.0. The van der Waals surface area contributed by atoms with Gasteiger partial charge in [0.15, 0.2) is 5.82 Å². The molecule has 1 saturated heterocycles. The fraction of sp³-hybridized carbons (Fsp3) is 0.516. The maximum atomic E-state index is 13.9. The molecule has 1 aliphatic heterocycles. The molecule has 242 valence electrons. The number of hydrogen-bond donors (Lipinski definition) is 2. The maximum Gasteiger partial charge on any atom is 0.438 e. The van der Waals surface area contributed by atoms with E-state index in [0.29, 0.717) is 43.6 Å². The van der Waals surface area contributed by atoms with Crippen molar-refractivity contribution in [3.8, 4) is 0 Å². The molecule has 6 rings (SSSR count). The Kier molecular flexibility index (Phi) is 8.07. The molecule has 45 heavy (non-hydrogen) atoms. The average Bonchev–Trinajstić information content (AvgIpc) is 3.47. The number of H-pyrrole nitrogens is 1. The van der Waals surface area contributed by atoms with Gasteiger partial charge in [0.25, 0.3) is 0 Å². The minimum atomic E-state index is -5.00. The van der Waals surface area contributed by atoms with Crippen LogP contribution in [0, 0.1) is 17.2 Å². The minimum absolute atomic E-state index is 0.0351. The van der Waals surface area contributed by atoms with Gasteiger partial charge >= 0.3 is 18.1 Å². The van der Waals surface area contributed by atoms with Crippen molar-refractivity contribution in [3.05, 3.63) is 86.9 Å². The van der Waals surface area contributed by atoms with Crippen LogP contribution in [-0.4, -0.2) is 40.1 Å². The number of rotatable bonds is 7. The van der Waals surface area contributed by atoms with Crippen LogP contribution in [0.1, 0.15) is 78.4 Å². The lowest BCUT2D eigenvalue weighted by molar-refractivity contribution is -0.143. The third-order valence-corrected chi connectivity index (χ3v) is 9.77. The molecule has 2 heterocycles. The molecule has 2 N–H and O–H groups in total. The highest BCUT2D eigenvalue weighted by atomic mass is 19.4. The molecule has 14 heteroatoms. The van der Waals surface area contributed by atoms with Gasteiger partial charge in [-0.2, -0.15) is 26.3 Å². The van der Waals surface area contributed by atoms with Gasteiger partial charge in [0, 0.05) is 18.5 Å². The van der Waals surface area contributed by atoms with Crippen molar-refractivity contribution in [2.45, 2.75) is 75.3 Å². The van der Waals surface area contributed by atoms with E-state index < -0.39 is 47.1 Å². The van der Waals surface area contributed by atoms with E-state index >= 15 is 0 Å². The molecule has 0 bridgehead atoms. The van der Waals surface area contributed by atoms with E-state index in [9.17, 15) is 40.3 Å². The summed E-state index contributed by atoms with van der Waals surface area (Å²) in [5, 5.41) is 6.43. The lowest BCUT2D eigenvalue weighted by atomic mass is 9.78. The smallest absolute Gasteiger partial charge is 0.352 e. The lowest BCUT2D eigenvalue weighted by Crippen LogP contribution is -2.44. The van der Waals surface area contributed by atoms with E-state index in [1.54, 1.807) is 12.1 Å². The summed E-state index contributed by atoms with van der Waals surface area (Å²) in [4.78, 5) is 30.4. The molecule has 3 fully saturated rings. The Morgan fingerprint density at radius 2 is 1.64 bits per heavy atom. The highest BCUT2D eigenvalue weighted by Crippen LogP contribution is 2.62. The predicted molar refractivity (Wildman–Crippen MR) is 146 cm³/mol. The Morgan fingerprint density at radius 3 is 2.22 bits per heavy atom. The maximum absolute atomic E-state index is 13.9. The van der Waals surface area contributed by atoms with Crippen LogP contribution in [0.25, 0.3) is 0 Å². The highest BCUT2D eigenvalue weighted by molar-refractivity contribution is 5.84. The number of hydrogen-bond acceptors (Lipinski definition) is 5. The molecular formula is C31H31F7N4O3. The molecular weight excluding hydrogens is 609 g/mol. The fourth-order valence-corrected chi connectivity index (χ4v) is 7.39. The molecule has 4 unspecified atom stereocenters. The van der Waals surface area contributed by atoms with E-state index in [4.69, 9.17) is 0 Å². The number of nitrogens with zero attached hydrogens (tertiary/aromatic N) is 2. The monoisotopic (exact) mass is 640 g/mol. The fourth-order valence-electron chi connectivity index (χ4n) is 7.39. The topological polar surface area (TPSA) is 91.2 Å². The largest absolute Gasteiger partial charge is 0.438 e. The Balaban J connectivity index is 1.19. The molecule has 1 amide bonds. The van der Waals surface area contributed by atoms with Gasteiger partial charge in [0.2, 0.25) is 5.91 Å². The Labute approximate surface area is 253 Å². The summed E-state index contributed by atoms with van der Waals surface area (Å²) in [5.74, 6) is -1.39. The van der Waals surface area contributed by atoms with Crippen molar-refractivity contribution in [3.63, 3.8) is 0 Å². The summed E-state index contributed by atoms with van der Waals surface area (Å²) in [7, 11) is 0. The van der Waals surface area contributed by atoms with Crippen molar-refractivity contribution in [1.82, 2.24) is 20.4 Å². The number of carbonyl (C=O) groups is 1. The van der Waals surface area contributed by atoms with Crippen molar-refractivity contribution >= 4 is 5.91 Å². The van der Waals surface area contributed by atoms with Gasteiger partial charge in [0.1, 0.15) is 5.82 Å². The average molecular weight is 641 g/mol. The van der Waals surface area contributed by atoms with Crippen LogP contribution in [0.4, 0.5) is 30.7 Å². The summed E-state index contributed by atoms with van der Waals surface area (Å²) in [6.45, 7) is 1.01. The van der Waals surface area contributed by atoms with E-state index in [-0.39, 0.29) is 41.2 Å². The molecule has 2 aliphatic carbocycles. The molecule has 0 radical (unpaired) electrons. The molecule has 2 aromatic carbocycles. The number of aromatic nitrogens is 2. The predicted octanol–water partition coefficient (Wildman–Crippen LogP) is 6.38. The normalized spacial score (nSPS) is 26.2. The number of nitrogens with one attached hydrogen (secondary N) is 2. The Hall–Kier alpha value is -3.68. The number of halogens is 7. The SMILES string of the molecule is O=C(NCc1cc(C(F)(F)F)cc(C(F)(F)F)c1)C1(C2CC2c2noc(=O)[nH]2)CCC(N2CCC(c3ccc(F)cc3)CC2)C1. The van der Waals surface area contributed by atoms with Gasteiger partial charge in [-0.3, -0.25) is 14.3 Å². The second kappa shape index (κ2) is 11.6. The first kappa shape index (κ1) is 31.3. The van der Waals surface area contributed by atoms with E-state index in [1.165, 1.54) is 12.1 Å². The van der Waals surface area contributed by atoms with Crippen molar-refractivity contribution in [1.29, 1.82) is 0 Å².